The van der Waals surface area contributed by atoms with Crippen LogP contribution in [0.5, 0.6) is 11.6 Å². The molecule has 0 saturated carbocycles. The van der Waals surface area contributed by atoms with Crippen molar-refractivity contribution in [2.24, 2.45) is 12.8 Å². The first-order valence-electron chi connectivity index (χ1n) is 5.93. The SMILES string of the molecule is Cc1cc(Oc2ccc3c(c2)NC(=O)C3N)n(C)n1. The summed E-state index contributed by atoms with van der Waals surface area (Å²) in [6, 6.07) is 6.61. The molecule has 19 heavy (non-hydrogen) atoms. The van der Waals surface area contributed by atoms with Gasteiger partial charge in [0.2, 0.25) is 11.8 Å². The number of carbonyl (C=O) groups is 1. The molecule has 1 aliphatic heterocycles. The van der Waals surface area contributed by atoms with Crippen molar-refractivity contribution in [1.82, 2.24) is 9.78 Å². The van der Waals surface area contributed by atoms with Crippen molar-refractivity contribution < 1.29 is 9.53 Å². The minimum atomic E-state index is -0.594. The Hall–Kier alpha value is -2.34. The van der Waals surface area contributed by atoms with Crippen molar-refractivity contribution in [2.45, 2.75) is 13.0 Å². The Labute approximate surface area is 110 Å². The van der Waals surface area contributed by atoms with E-state index in [1.54, 1.807) is 22.9 Å². The molecule has 1 atom stereocenters. The van der Waals surface area contributed by atoms with Crippen LogP contribution >= 0.6 is 0 Å². The minimum absolute atomic E-state index is 0.191. The Bertz CT molecular complexity index is 663. The zero-order valence-electron chi connectivity index (χ0n) is 10.7. The molecule has 0 saturated heterocycles. The van der Waals surface area contributed by atoms with E-state index in [4.69, 9.17) is 10.5 Å². The summed E-state index contributed by atoms with van der Waals surface area (Å²) < 4.78 is 7.39. The molecule has 6 nitrogen and oxygen atoms in total. The number of nitrogens with one attached hydrogen (secondary N) is 1. The van der Waals surface area contributed by atoms with Crippen molar-refractivity contribution in [3.8, 4) is 11.6 Å². The molecular weight excluding hydrogens is 244 g/mol. The van der Waals surface area contributed by atoms with E-state index in [9.17, 15) is 4.79 Å². The van der Waals surface area contributed by atoms with Gasteiger partial charge in [0.15, 0.2) is 0 Å². The third-order valence-corrected chi connectivity index (χ3v) is 3.08. The van der Waals surface area contributed by atoms with E-state index in [1.807, 2.05) is 20.0 Å². The van der Waals surface area contributed by atoms with Gasteiger partial charge in [0.25, 0.3) is 0 Å². The van der Waals surface area contributed by atoms with E-state index in [0.717, 1.165) is 11.3 Å². The van der Waals surface area contributed by atoms with Crippen LogP contribution in [-0.2, 0) is 11.8 Å². The number of rotatable bonds is 2. The molecule has 1 aromatic heterocycles. The molecule has 1 unspecified atom stereocenters. The molecule has 2 aromatic rings. The van der Waals surface area contributed by atoms with Crippen molar-refractivity contribution in [2.75, 3.05) is 5.32 Å². The van der Waals surface area contributed by atoms with Gasteiger partial charge < -0.3 is 15.8 Å². The summed E-state index contributed by atoms with van der Waals surface area (Å²) in [5, 5.41) is 6.93. The van der Waals surface area contributed by atoms with Gasteiger partial charge in [0, 0.05) is 30.4 Å². The first-order chi connectivity index (χ1) is 9.04. The van der Waals surface area contributed by atoms with Crippen LogP contribution in [0.15, 0.2) is 24.3 Å². The van der Waals surface area contributed by atoms with Gasteiger partial charge in [-0.1, -0.05) is 6.07 Å². The van der Waals surface area contributed by atoms with Crippen molar-refractivity contribution >= 4 is 11.6 Å². The standard InChI is InChI=1S/C13H14N4O2/c1-7-5-11(17(2)16-7)19-8-3-4-9-10(6-8)15-13(18)12(9)14/h3-6,12H,14H2,1-2H3,(H,15,18). The third kappa shape index (κ3) is 1.96. The van der Waals surface area contributed by atoms with Crippen LogP contribution < -0.4 is 15.8 Å². The predicted molar refractivity (Wildman–Crippen MR) is 70.0 cm³/mol. The quantitative estimate of drug-likeness (QED) is 0.854. The molecule has 0 aliphatic carbocycles. The molecule has 1 aromatic carbocycles. The number of fused-ring (bicyclic) bond motifs is 1. The fraction of sp³-hybridized carbons (Fsp3) is 0.231. The fourth-order valence-corrected chi connectivity index (χ4v) is 2.13. The van der Waals surface area contributed by atoms with Gasteiger partial charge in [-0.2, -0.15) is 5.10 Å². The molecule has 2 heterocycles. The second-order valence-corrected chi connectivity index (χ2v) is 4.57. The Balaban J connectivity index is 1.90. The van der Waals surface area contributed by atoms with E-state index in [-0.39, 0.29) is 5.91 Å². The lowest BCUT2D eigenvalue weighted by Crippen LogP contribution is -2.19. The van der Waals surface area contributed by atoms with E-state index >= 15 is 0 Å². The highest BCUT2D eigenvalue weighted by molar-refractivity contribution is 6.02. The Morgan fingerprint density at radius 1 is 1.42 bits per heavy atom. The highest BCUT2D eigenvalue weighted by Gasteiger charge is 2.27. The normalized spacial score (nSPS) is 17.2. The Morgan fingerprint density at radius 3 is 2.89 bits per heavy atom. The lowest BCUT2D eigenvalue weighted by atomic mass is 10.1. The van der Waals surface area contributed by atoms with E-state index in [1.165, 1.54) is 0 Å². The largest absolute Gasteiger partial charge is 0.439 e. The summed E-state index contributed by atoms with van der Waals surface area (Å²) in [5.41, 5.74) is 8.13. The summed E-state index contributed by atoms with van der Waals surface area (Å²) in [5.74, 6) is 1.09. The zero-order valence-corrected chi connectivity index (χ0v) is 10.7. The second-order valence-electron chi connectivity index (χ2n) is 4.57. The van der Waals surface area contributed by atoms with Gasteiger partial charge in [-0.3, -0.25) is 4.79 Å². The number of aromatic nitrogens is 2. The summed E-state index contributed by atoms with van der Waals surface area (Å²) in [6.07, 6.45) is 0. The van der Waals surface area contributed by atoms with E-state index < -0.39 is 6.04 Å². The molecule has 0 spiro atoms. The fourth-order valence-electron chi connectivity index (χ4n) is 2.13. The van der Waals surface area contributed by atoms with Gasteiger partial charge in [-0.05, 0) is 13.0 Å². The number of anilines is 1. The number of ether oxygens (including phenoxy) is 1. The molecule has 98 valence electrons. The molecule has 1 aliphatic rings. The van der Waals surface area contributed by atoms with E-state index in [0.29, 0.717) is 17.3 Å². The van der Waals surface area contributed by atoms with Crippen LogP contribution in [0.1, 0.15) is 17.3 Å². The van der Waals surface area contributed by atoms with Gasteiger partial charge in [-0.25, -0.2) is 4.68 Å². The topological polar surface area (TPSA) is 82.2 Å². The maximum absolute atomic E-state index is 11.5. The van der Waals surface area contributed by atoms with E-state index in [2.05, 4.69) is 10.4 Å². The van der Waals surface area contributed by atoms with Crippen LogP contribution in [0.3, 0.4) is 0 Å². The van der Waals surface area contributed by atoms with Crippen LogP contribution in [0.25, 0.3) is 0 Å². The summed E-state index contributed by atoms with van der Waals surface area (Å²) in [7, 11) is 1.81. The highest BCUT2D eigenvalue weighted by atomic mass is 16.5. The zero-order chi connectivity index (χ0) is 13.6. The number of benzene rings is 1. The van der Waals surface area contributed by atoms with Crippen LogP contribution in [-0.4, -0.2) is 15.7 Å². The third-order valence-electron chi connectivity index (χ3n) is 3.08. The Kier molecular flexibility index (Phi) is 2.53. The molecular formula is C13H14N4O2. The average molecular weight is 258 g/mol. The van der Waals surface area contributed by atoms with Gasteiger partial charge in [-0.15, -0.1) is 0 Å². The molecule has 0 fully saturated rings. The molecule has 1 amide bonds. The smallest absolute Gasteiger partial charge is 0.245 e. The number of carbonyl (C=O) groups excluding carboxylic acids is 1. The number of hydrogen-bond donors (Lipinski definition) is 2. The maximum atomic E-state index is 11.5. The van der Waals surface area contributed by atoms with Crippen LogP contribution in [0.2, 0.25) is 0 Å². The first kappa shape index (κ1) is 11.7. The monoisotopic (exact) mass is 258 g/mol. The lowest BCUT2D eigenvalue weighted by molar-refractivity contribution is -0.116. The van der Waals surface area contributed by atoms with Crippen molar-refractivity contribution in [3.05, 3.63) is 35.5 Å². The van der Waals surface area contributed by atoms with Crippen molar-refractivity contribution in [1.29, 1.82) is 0 Å². The van der Waals surface area contributed by atoms with Gasteiger partial charge >= 0.3 is 0 Å². The summed E-state index contributed by atoms with van der Waals surface area (Å²) >= 11 is 0. The predicted octanol–water partition coefficient (Wildman–Crippen LogP) is 1.47. The molecule has 3 N–H and O–H groups in total. The van der Waals surface area contributed by atoms with Crippen molar-refractivity contribution in [3.63, 3.8) is 0 Å². The second kappa shape index (κ2) is 4.10. The minimum Gasteiger partial charge on any atom is -0.439 e. The molecule has 0 bridgehead atoms. The molecule has 3 rings (SSSR count). The van der Waals surface area contributed by atoms with Crippen LogP contribution in [0.4, 0.5) is 5.69 Å². The van der Waals surface area contributed by atoms with Gasteiger partial charge in [0.05, 0.1) is 5.69 Å². The summed E-state index contributed by atoms with van der Waals surface area (Å²) in [6.45, 7) is 1.90. The van der Waals surface area contributed by atoms with Crippen LogP contribution in [0, 0.1) is 6.92 Å². The summed E-state index contributed by atoms with van der Waals surface area (Å²) in [4.78, 5) is 11.5. The number of amides is 1. The number of hydrogen-bond acceptors (Lipinski definition) is 4. The first-order valence-corrected chi connectivity index (χ1v) is 5.93. The lowest BCUT2D eigenvalue weighted by Gasteiger charge is -2.07. The average Bonchev–Trinajstić information content (AvgIpc) is 2.81. The molecule has 0 radical (unpaired) electrons. The number of nitrogens with two attached hydrogens (primary N) is 1. The highest BCUT2D eigenvalue weighted by Crippen LogP contribution is 2.33. The Morgan fingerprint density at radius 2 is 2.21 bits per heavy atom. The van der Waals surface area contributed by atoms with Gasteiger partial charge in [0.1, 0.15) is 11.8 Å². The molecule has 6 heteroatoms. The number of aryl methyl sites for hydroxylation is 2. The number of nitrogens with zero attached hydrogens (tertiary/aromatic N) is 2. The maximum Gasteiger partial charge on any atom is 0.245 e.